The monoisotopic (exact) mass is 261 g/mol. The van der Waals surface area contributed by atoms with Crippen LogP contribution in [0, 0.1) is 12.7 Å². The summed E-state index contributed by atoms with van der Waals surface area (Å²) in [4.78, 5) is 27.5. The van der Waals surface area contributed by atoms with Crippen molar-refractivity contribution < 1.29 is 18.7 Å². The molecule has 0 saturated carbocycles. The molecule has 1 heterocycles. The molecule has 98 valence electrons. The van der Waals surface area contributed by atoms with Crippen molar-refractivity contribution >= 4 is 22.5 Å². The van der Waals surface area contributed by atoms with E-state index in [1.54, 1.807) is 19.9 Å². The number of benzene rings is 1. The number of ketones is 1. The van der Waals surface area contributed by atoms with E-state index in [0.29, 0.717) is 16.5 Å². The molecule has 0 aliphatic carbocycles. The Bertz CT molecular complexity index is 662. The van der Waals surface area contributed by atoms with Gasteiger partial charge in [-0.1, -0.05) is 0 Å². The van der Waals surface area contributed by atoms with Gasteiger partial charge in [-0.3, -0.25) is 9.78 Å². The molecule has 0 radical (unpaired) electrons. The zero-order valence-corrected chi connectivity index (χ0v) is 10.6. The molecule has 0 unspecified atom stereocenters. The number of ether oxygens (including phenoxy) is 1. The number of halogens is 1. The number of pyridine rings is 1. The van der Waals surface area contributed by atoms with Gasteiger partial charge in [-0.2, -0.15) is 0 Å². The van der Waals surface area contributed by atoms with Gasteiger partial charge < -0.3 is 4.74 Å². The van der Waals surface area contributed by atoms with Crippen LogP contribution in [0.25, 0.3) is 10.8 Å². The molecule has 1 aromatic heterocycles. The van der Waals surface area contributed by atoms with E-state index in [4.69, 9.17) is 0 Å². The Hall–Kier alpha value is -2.30. The highest BCUT2D eigenvalue weighted by Crippen LogP contribution is 2.22. The standard InChI is InChI=1S/C14H12FNO3/c1-3-19-14(18)13(17)12-10-6-8(2)16-7-9(10)4-5-11(12)15/h4-7H,3H2,1-2H3. The molecule has 4 nitrogen and oxygen atoms in total. The Morgan fingerprint density at radius 2 is 2.11 bits per heavy atom. The van der Waals surface area contributed by atoms with Crippen molar-refractivity contribution in [3.8, 4) is 0 Å². The summed E-state index contributed by atoms with van der Waals surface area (Å²) in [6, 6.07) is 4.23. The molecule has 2 rings (SSSR count). The molecule has 0 spiro atoms. The van der Waals surface area contributed by atoms with Gasteiger partial charge in [0.2, 0.25) is 0 Å². The molecule has 5 heteroatoms. The van der Waals surface area contributed by atoms with E-state index in [1.807, 2.05) is 0 Å². The molecule has 1 aromatic carbocycles. The molecule has 0 bridgehead atoms. The summed E-state index contributed by atoms with van der Waals surface area (Å²) in [5, 5.41) is 0.963. The zero-order chi connectivity index (χ0) is 14.0. The van der Waals surface area contributed by atoms with Crippen molar-refractivity contribution in [2.45, 2.75) is 13.8 Å². The van der Waals surface area contributed by atoms with Crippen LogP contribution in [-0.4, -0.2) is 23.3 Å². The van der Waals surface area contributed by atoms with Crippen LogP contribution in [0.3, 0.4) is 0 Å². The predicted octanol–water partition coefficient (Wildman–Crippen LogP) is 2.43. The number of Topliss-reactive ketones (excluding diaryl/α,β-unsaturated/α-hetero) is 1. The van der Waals surface area contributed by atoms with Gasteiger partial charge in [0.1, 0.15) is 5.82 Å². The van der Waals surface area contributed by atoms with Crippen molar-refractivity contribution in [3.05, 3.63) is 41.5 Å². The fraction of sp³-hybridized carbons (Fsp3) is 0.214. The number of hydrogen-bond acceptors (Lipinski definition) is 4. The lowest BCUT2D eigenvalue weighted by atomic mass is 10.0. The lowest BCUT2D eigenvalue weighted by Crippen LogP contribution is -2.19. The van der Waals surface area contributed by atoms with Crippen molar-refractivity contribution in [1.29, 1.82) is 0 Å². The van der Waals surface area contributed by atoms with Gasteiger partial charge in [0.25, 0.3) is 5.78 Å². The van der Waals surface area contributed by atoms with Gasteiger partial charge >= 0.3 is 5.97 Å². The number of fused-ring (bicyclic) bond motifs is 1. The van der Waals surface area contributed by atoms with E-state index >= 15 is 0 Å². The Morgan fingerprint density at radius 3 is 2.79 bits per heavy atom. The first-order valence-corrected chi connectivity index (χ1v) is 5.81. The lowest BCUT2D eigenvalue weighted by molar-refractivity contribution is -0.137. The molecule has 0 N–H and O–H groups in total. The number of aromatic nitrogens is 1. The van der Waals surface area contributed by atoms with E-state index in [1.165, 1.54) is 12.3 Å². The van der Waals surface area contributed by atoms with Gasteiger partial charge in [0, 0.05) is 17.3 Å². The van der Waals surface area contributed by atoms with E-state index in [9.17, 15) is 14.0 Å². The largest absolute Gasteiger partial charge is 0.460 e. The Kier molecular flexibility index (Phi) is 3.55. The van der Waals surface area contributed by atoms with Crippen LogP contribution >= 0.6 is 0 Å². The number of nitrogens with zero attached hydrogens (tertiary/aromatic N) is 1. The maximum atomic E-state index is 13.9. The Labute approximate surface area is 109 Å². The first-order chi connectivity index (χ1) is 9.04. The van der Waals surface area contributed by atoms with Crippen LogP contribution in [0.2, 0.25) is 0 Å². The van der Waals surface area contributed by atoms with E-state index in [2.05, 4.69) is 9.72 Å². The average Bonchev–Trinajstić information content (AvgIpc) is 2.38. The third-order valence-electron chi connectivity index (χ3n) is 2.68. The zero-order valence-electron chi connectivity index (χ0n) is 10.6. The molecule has 0 aliphatic rings. The van der Waals surface area contributed by atoms with Crippen LogP contribution in [0.5, 0.6) is 0 Å². The lowest BCUT2D eigenvalue weighted by Gasteiger charge is -2.07. The van der Waals surface area contributed by atoms with E-state index in [-0.39, 0.29) is 12.2 Å². The third-order valence-corrected chi connectivity index (χ3v) is 2.68. The van der Waals surface area contributed by atoms with Crippen LogP contribution in [0.4, 0.5) is 4.39 Å². The molecule has 0 atom stereocenters. The van der Waals surface area contributed by atoms with Gasteiger partial charge in [0.05, 0.1) is 12.2 Å². The van der Waals surface area contributed by atoms with Crippen molar-refractivity contribution in [2.75, 3.05) is 6.61 Å². The minimum Gasteiger partial charge on any atom is -0.460 e. The number of hydrogen-bond donors (Lipinski definition) is 0. The summed E-state index contributed by atoms with van der Waals surface area (Å²) < 4.78 is 18.5. The van der Waals surface area contributed by atoms with E-state index in [0.717, 1.165) is 6.07 Å². The van der Waals surface area contributed by atoms with Gasteiger partial charge in [-0.25, -0.2) is 9.18 Å². The summed E-state index contributed by atoms with van der Waals surface area (Å²) in [6.45, 7) is 3.37. The van der Waals surface area contributed by atoms with Crippen molar-refractivity contribution in [3.63, 3.8) is 0 Å². The molecular weight excluding hydrogens is 249 g/mol. The number of esters is 1. The fourth-order valence-corrected chi connectivity index (χ4v) is 1.82. The molecule has 0 saturated heterocycles. The second-order valence-corrected chi connectivity index (χ2v) is 4.02. The van der Waals surface area contributed by atoms with Crippen molar-refractivity contribution in [1.82, 2.24) is 4.98 Å². The topological polar surface area (TPSA) is 56.3 Å². The molecule has 0 amide bonds. The van der Waals surface area contributed by atoms with Crippen LogP contribution < -0.4 is 0 Å². The molecule has 19 heavy (non-hydrogen) atoms. The van der Waals surface area contributed by atoms with Crippen LogP contribution in [0.15, 0.2) is 24.4 Å². The van der Waals surface area contributed by atoms with Gasteiger partial charge in [-0.05, 0) is 37.4 Å². The highest BCUT2D eigenvalue weighted by molar-refractivity contribution is 6.43. The Balaban J connectivity index is 2.64. The smallest absolute Gasteiger partial charge is 0.379 e. The SMILES string of the molecule is CCOC(=O)C(=O)c1c(F)ccc2cnc(C)cc12. The summed E-state index contributed by atoms with van der Waals surface area (Å²) >= 11 is 0. The predicted molar refractivity (Wildman–Crippen MR) is 67.4 cm³/mol. The summed E-state index contributed by atoms with van der Waals surface area (Å²) in [7, 11) is 0. The number of carbonyl (C=O) groups is 2. The number of rotatable bonds is 3. The minimum absolute atomic E-state index is 0.0670. The average molecular weight is 261 g/mol. The summed E-state index contributed by atoms with van der Waals surface area (Å²) in [6.07, 6.45) is 1.53. The third kappa shape index (κ3) is 2.45. The van der Waals surface area contributed by atoms with Gasteiger partial charge in [0.15, 0.2) is 0 Å². The normalized spacial score (nSPS) is 10.5. The highest BCUT2D eigenvalue weighted by atomic mass is 19.1. The second-order valence-electron chi connectivity index (χ2n) is 4.02. The number of aryl methyl sites for hydroxylation is 1. The maximum absolute atomic E-state index is 13.9. The summed E-state index contributed by atoms with van der Waals surface area (Å²) in [5.41, 5.74) is 0.373. The van der Waals surface area contributed by atoms with Crippen LogP contribution in [-0.2, 0) is 9.53 Å². The Morgan fingerprint density at radius 1 is 1.37 bits per heavy atom. The maximum Gasteiger partial charge on any atom is 0.379 e. The second kappa shape index (κ2) is 5.14. The summed E-state index contributed by atoms with van der Waals surface area (Å²) in [5.74, 6) is -2.77. The van der Waals surface area contributed by atoms with Crippen LogP contribution in [0.1, 0.15) is 23.0 Å². The number of carbonyl (C=O) groups excluding carboxylic acids is 2. The quantitative estimate of drug-likeness (QED) is 0.483. The fourth-order valence-electron chi connectivity index (χ4n) is 1.82. The molecule has 0 aliphatic heterocycles. The first kappa shape index (κ1) is 13.1. The first-order valence-electron chi connectivity index (χ1n) is 5.81. The molecule has 2 aromatic rings. The highest BCUT2D eigenvalue weighted by Gasteiger charge is 2.23. The van der Waals surface area contributed by atoms with Gasteiger partial charge in [-0.15, -0.1) is 0 Å². The van der Waals surface area contributed by atoms with E-state index < -0.39 is 17.6 Å². The molecule has 0 fully saturated rings. The van der Waals surface area contributed by atoms with Crippen molar-refractivity contribution in [2.24, 2.45) is 0 Å². The minimum atomic E-state index is -1.05. The molecular formula is C14H12FNO3.